The molecule has 0 bridgehead atoms. The fourth-order valence-electron chi connectivity index (χ4n) is 2.90. The molecule has 0 atom stereocenters. The number of nitrogens with one attached hydrogen (secondary N) is 1. The number of carbonyl (C=O) groups is 1. The van der Waals surface area contributed by atoms with Crippen molar-refractivity contribution in [3.63, 3.8) is 0 Å². The van der Waals surface area contributed by atoms with Gasteiger partial charge >= 0.3 is 0 Å². The largest absolute Gasteiger partial charge is 0.298 e. The summed E-state index contributed by atoms with van der Waals surface area (Å²) >= 11 is 7.63. The third kappa shape index (κ3) is 4.62. The van der Waals surface area contributed by atoms with E-state index in [2.05, 4.69) is 10.3 Å². The highest BCUT2D eigenvalue weighted by molar-refractivity contribution is 7.14. The van der Waals surface area contributed by atoms with Gasteiger partial charge in [-0.2, -0.15) is 0 Å². The molecule has 142 valence electrons. The SMILES string of the molecule is O=C(Nc1nc(-c2ccccc2Cl)cs1)/C(=C/c1ccccc1)c1ccccc1. The number of rotatable bonds is 5. The zero-order valence-electron chi connectivity index (χ0n) is 15.4. The molecule has 0 aliphatic carbocycles. The second kappa shape index (κ2) is 8.86. The number of benzene rings is 3. The van der Waals surface area contributed by atoms with E-state index in [-0.39, 0.29) is 5.91 Å². The number of amides is 1. The van der Waals surface area contributed by atoms with Crippen LogP contribution in [0.4, 0.5) is 5.13 Å². The van der Waals surface area contributed by atoms with E-state index in [1.54, 1.807) is 0 Å². The van der Waals surface area contributed by atoms with E-state index in [1.807, 2.05) is 96.4 Å². The fraction of sp³-hybridized carbons (Fsp3) is 0. The maximum Gasteiger partial charge on any atom is 0.258 e. The van der Waals surface area contributed by atoms with E-state index in [9.17, 15) is 4.79 Å². The molecule has 0 aliphatic rings. The van der Waals surface area contributed by atoms with Crippen LogP contribution >= 0.6 is 22.9 Å². The Morgan fingerprint density at radius 2 is 1.55 bits per heavy atom. The number of thiazole rings is 1. The Morgan fingerprint density at radius 1 is 0.897 bits per heavy atom. The van der Waals surface area contributed by atoms with Crippen LogP contribution < -0.4 is 5.32 Å². The number of carbonyl (C=O) groups excluding carboxylic acids is 1. The van der Waals surface area contributed by atoms with Crippen molar-refractivity contribution >= 4 is 45.6 Å². The van der Waals surface area contributed by atoms with Crippen LogP contribution in [0.5, 0.6) is 0 Å². The maximum atomic E-state index is 13.1. The zero-order valence-corrected chi connectivity index (χ0v) is 17.0. The molecule has 1 amide bonds. The minimum atomic E-state index is -0.208. The Labute approximate surface area is 178 Å². The molecule has 0 aliphatic heterocycles. The van der Waals surface area contributed by atoms with Gasteiger partial charge in [0.05, 0.1) is 5.69 Å². The number of hydrogen-bond donors (Lipinski definition) is 1. The lowest BCUT2D eigenvalue weighted by Crippen LogP contribution is -2.13. The summed E-state index contributed by atoms with van der Waals surface area (Å²) in [6, 6.07) is 26.9. The predicted molar refractivity (Wildman–Crippen MR) is 122 cm³/mol. The molecule has 4 aromatic rings. The van der Waals surface area contributed by atoms with Crippen LogP contribution in [0.2, 0.25) is 5.02 Å². The molecule has 0 unspecified atom stereocenters. The lowest BCUT2D eigenvalue weighted by atomic mass is 10.0. The monoisotopic (exact) mass is 416 g/mol. The highest BCUT2D eigenvalue weighted by Gasteiger charge is 2.15. The Hall–Kier alpha value is -3.21. The van der Waals surface area contributed by atoms with Crippen LogP contribution in [0.3, 0.4) is 0 Å². The average Bonchev–Trinajstić information content (AvgIpc) is 3.22. The van der Waals surface area contributed by atoms with Gasteiger partial charge in [-0.05, 0) is 23.3 Å². The summed E-state index contributed by atoms with van der Waals surface area (Å²) < 4.78 is 0. The number of anilines is 1. The molecule has 1 heterocycles. The van der Waals surface area contributed by atoms with Crippen LogP contribution in [-0.4, -0.2) is 10.9 Å². The van der Waals surface area contributed by atoms with Gasteiger partial charge in [-0.25, -0.2) is 4.98 Å². The van der Waals surface area contributed by atoms with E-state index in [0.29, 0.717) is 15.7 Å². The van der Waals surface area contributed by atoms with Crippen molar-refractivity contribution in [3.8, 4) is 11.3 Å². The summed E-state index contributed by atoms with van der Waals surface area (Å²) in [6.45, 7) is 0. The third-order valence-corrected chi connectivity index (χ3v) is 5.40. The summed E-state index contributed by atoms with van der Waals surface area (Å²) in [4.78, 5) is 17.6. The van der Waals surface area contributed by atoms with E-state index < -0.39 is 0 Å². The molecule has 0 saturated carbocycles. The first-order valence-electron chi connectivity index (χ1n) is 9.04. The second-order valence-electron chi connectivity index (χ2n) is 6.31. The summed E-state index contributed by atoms with van der Waals surface area (Å²) in [5.74, 6) is -0.208. The summed E-state index contributed by atoms with van der Waals surface area (Å²) in [5.41, 5.74) is 3.96. The van der Waals surface area contributed by atoms with Crippen LogP contribution in [0, 0.1) is 0 Å². The molecule has 0 radical (unpaired) electrons. The highest BCUT2D eigenvalue weighted by Crippen LogP contribution is 2.31. The smallest absolute Gasteiger partial charge is 0.258 e. The molecule has 0 fully saturated rings. The van der Waals surface area contributed by atoms with Gasteiger partial charge in [0, 0.05) is 21.5 Å². The molecule has 0 spiro atoms. The molecular formula is C24H17ClN2OS. The standard InChI is InChI=1S/C24H17ClN2OS/c25-21-14-8-7-13-19(21)22-16-29-24(26-22)27-23(28)20(18-11-5-2-6-12-18)15-17-9-3-1-4-10-17/h1-16H,(H,26,27,28)/b20-15+. The first-order valence-corrected chi connectivity index (χ1v) is 10.3. The van der Waals surface area contributed by atoms with Crippen LogP contribution in [0.25, 0.3) is 22.9 Å². The summed E-state index contributed by atoms with van der Waals surface area (Å²) in [6.07, 6.45) is 1.88. The van der Waals surface area contributed by atoms with Crippen molar-refractivity contribution < 1.29 is 4.79 Å². The van der Waals surface area contributed by atoms with E-state index >= 15 is 0 Å². The van der Waals surface area contributed by atoms with Crippen LogP contribution in [0.1, 0.15) is 11.1 Å². The highest BCUT2D eigenvalue weighted by atomic mass is 35.5. The number of hydrogen-bond acceptors (Lipinski definition) is 3. The summed E-state index contributed by atoms with van der Waals surface area (Å²) in [5, 5.41) is 5.97. The van der Waals surface area contributed by atoms with Crippen molar-refractivity contribution in [2.24, 2.45) is 0 Å². The van der Waals surface area contributed by atoms with Gasteiger partial charge < -0.3 is 0 Å². The zero-order chi connectivity index (χ0) is 20.1. The molecule has 29 heavy (non-hydrogen) atoms. The minimum absolute atomic E-state index is 0.208. The Morgan fingerprint density at radius 3 is 2.28 bits per heavy atom. The Bertz CT molecular complexity index is 1150. The lowest BCUT2D eigenvalue weighted by molar-refractivity contribution is -0.111. The molecule has 4 rings (SSSR count). The van der Waals surface area contributed by atoms with Gasteiger partial charge in [-0.3, -0.25) is 10.1 Å². The molecule has 3 nitrogen and oxygen atoms in total. The van der Waals surface area contributed by atoms with Crippen molar-refractivity contribution in [2.45, 2.75) is 0 Å². The quantitative estimate of drug-likeness (QED) is 0.292. The normalized spacial score (nSPS) is 11.3. The van der Waals surface area contributed by atoms with Crippen molar-refractivity contribution in [2.75, 3.05) is 5.32 Å². The maximum absolute atomic E-state index is 13.1. The van der Waals surface area contributed by atoms with Crippen molar-refractivity contribution in [1.82, 2.24) is 4.98 Å². The van der Waals surface area contributed by atoms with Gasteiger partial charge in [-0.15, -0.1) is 11.3 Å². The fourth-order valence-corrected chi connectivity index (χ4v) is 3.84. The molecule has 3 aromatic carbocycles. The third-order valence-electron chi connectivity index (χ3n) is 4.31. The van der Waals surface area contributed by atoms with Crippen LogP contribution in [-0.2, 0) is 4.79 Å². The molecule has 5 heteroatoms. The van der Waals surface area contributed by atoms with Gasteiger partial charge in [0.2, 0.25) is 0 Å². The first-order chi connectivity index (χ1) is 14.2. The molecule has 1 N–H and O–H groups in total. The molecular weight excluding hydrogens is 400 g/mol. The molecule has 1 aromatic heterocycles. The lowest BCUT2D eigenvalue weighted by Gasteiger charge is -2.08. The second-order valence-corrected chi connectivity index (χ2v) is 7.57. The Balaban J connectivity index is 1.63. The topological polar surface area (TPSA) is 42.0 Å². The van der Waals surface area contributed by atoms with Crippen molar-refractivity contribution in [3.05, 3.63) is 106 Å². The van der Waals surface area contributed by atoms with Gasteiger partial charge in [0.25, 0.3) is 5.91 Å². The van der Waals surface area contributed by atoms with Crippen LogP contribution in [0.15, 0.2) is 90.3 Å². The van der Waals surface area contributed by atoms with Gasteiger partial charge in [-0.1, -0.05) is 90.5 Å². The average molecular weight is 417 g/mol. The first kappa shape index (κ1) is 19.1. The number of halogens is 1. The summed E-state index contributed by atoms with van der Waals surface area (Å²) in [7, 11) is 0. The minimum Gasteiger partial charge on any atom is -0.298 e. The predicted octanol–water partition coefficient (Wildman–Crippen LogP) is 6.64. The number of aromatic nitrogens is 1. The van der Waals surface area contributed by atoms with Gasteiger partial charge in [0.1, 0.15) is 0 Å². The van der Waals surface area contributed by atoms with E-state index in [1.165, 1.54) is 11.3 Å². The van der Waals surface area contributed by atoms with E-state index in [0.717, 1.165) is 22.4 Å². The number of nitrogens with zero attached hydrogens (tertiary/aromatic N) is 1. The van der Waals surface area contributed by atoms with Gasteiger partial charge in [0.15, 0.2) is 5.13 Å². The Kier molecular flexibility index (Phi) is 5.84. The van der Waals surface area contributed by atoms with Crippen molar-refractivity contribution in [1.29, 1.82) is 0 Å². The molecule has 0 saturated heterocycles. The van der Waals surface area contributed by atoms with E-state index in [4.69, 9.17) is 11.6 Å².